The van der Waals surface area contributed by atoms with Gasteiger partial charge in [0, 0.05) is 11.8 Å². The van der Waals surface area contributed by atoms with Crippen LogP contribution in [-0.2, 0) is 22.4 Å². The largest absolute Gasteiger partial charge is 0.452 e. The Balaban J connectivity index is 2.05. The Kier molecular flexibility index (Phi) is 6.90. The Bertz CT molecular complexity index is 860. The molecule has 2 aromatic carbocycles. The first-order chi connectivity index (χ1) is 12.9. The first-order valence-corrected chi connectivity index (χ1v) is 8.76. The van der Waals surface area contributed by atoms with Crippen LogP contribution in [-0.4, -0.2) is 23.4 Å². The summed E-state index contributed by atoms with van der Waals surface area (Å²) < 4.78 is 4.97. The first kappa shape index (κ1) is 20.4. The lowest BCUT2D eigenvalue weighted by Gasteiger charge is -2.14. The van der Waals surface area contributed by atoms with Crippen LogP contribution in [0.25, 0.3) is 0 Å². The molecule has 0 aliphatic rings. The zero-order valence-electron chi connectivity index (χ0n) is 15.0. The number of esters is 1. The molecule has 0 saturated carbocycles. The Morgan fingerprint density at radius 2 is 1.78 bits per heavy atom. The normalized spacial score (nSPS) is 10.3. The second-order valence-corrected chi connectivity index (χ2v) is 6.11. The number of amides is 1. The third-order valence-corrected chi connectivity index (χ3v) is 4.30. The van der Waals surface area contributed by atoms with Gasteiger partial charge in [0.15, 0.2) is 6.61 Å². The minimum atomic E-state index is -0.843. The van der Waals surface area contributed by atoms with Crippen molar-refractivity contribution in [3.8, 4) is 0 Å². The lowest BCUT2D eigenvalue weighted by molar-refractivity contribution is -0.384. The second-order valence-electron chi connectivity index (χ2n) is 5.71. The molecule has 7 nitrogen and oxygen atoms in total. The van der Waals surface area contributed by atoms with Gasteiger partial charge in [-0.05, 0) is 36.1 Å². The summed E-state index contributed by atoms with van der Waals surface area (Å²) in [5, 5.41) is 13.6. The Labute approximate surface area is 161 Å². The van der Waals surface area contributed by atoms with E-state index in [2.05, 4.69) is 5.32 Å². The fourth-order valence-electron chi connectivity index (χ4n) is 2.57. The number of hydrogen-bond acceptors (Lipinski definition) is 5. The van der Waals surface area contributed by atoms with E-state index < -0.39 is 29.1 Å². The van der Waals surface area contributed by atoms with Crippen LogP contribution < -0.4 is 5.32 Å². The standard InChI is InChI=1S/C19H19ClN2O5/c1-3-12-6-5-7-13(4-2)18(12)21-17(23)11-27-19(24)14-8-9-15(20)16(10-14)22(25)26/h5-10H,3-4,11H2,1-2H3,(H,21,23). The van der Waals surface area contributed by atoms with Crippen molar-refractivity contribution in [2.24, 2.45) is 0 Å². The number of carbonyl (C=O) groups excluding carboxylic acids is 2. The number of nitro groups is 1. The van der Waals surface area contributed by atoms with E-state index in [-0.39, 0.29) is 10.6 Å². The zero-order valence-corrected chi connectivity index (χ0v) is 15.7. The van der Waals surface area contributed by atoms with Gasteiger partial charge < -0.3 is 10.1 Å². The summed E-state index contributed by atoms with van der Waals surface area (Å²) in [6.45, 7) is 3.46. The number of rotatable bonds is 7. The maximum Gasteiger partial charge on any atom is 0.338 e. The summed E-state index contributed by atoms with van der Waals surface area (Å²) >= 11 is 5.71. The summed E-state index contributed by atoms with van der Waals surface area (Å²) in [5.74, 6) is -1.33. The number of nitrogens with one attached hydrogen (secondary N) is 1. The van der Waals surface area contributed by atoms with Crippen molar-refractivity contribution in [3.63, 3.8) is 0 Å². The predicted octanol–water partition coefficient (Wildman–Crippen LogP) is 4.17. The van der Waals surface area contributed by atoms with Crippen molar-refractivity contribution in [2.45, 2.75) is 26.7 Å². The molecule has 0 fully saturated rings. The van der Waals surface area contributed by atoms with Crippen LogP contribution >= 0.6 is 11.6 Å². The number of aryl methyl sites for hydroxylation is 2. The monoisotopic (exact) mass is 390 g/mol. The summed E-state index contributed by atoms with van der Waals surface area (Å²) in [6, 6.07) is 9.34. The molecular weight excluding hydrogens is 372 g/mol. The number of ether oxygens (including phenoxy) is 1. The van der Waals surface area contributed by atoms with Crippen LogP contribution in [0.4, 0.5) is 11.4 Å². The topological polar surface area (TPSA) is 98.5 Å². The molecule has 0 aliphatic carbocycles. The molecule has 0 spiro atoms. The maximum atomic E-state index is 12.2. The number of anilines is 1. The van der Waals surface area contributed by atoms with Gasteiger partial charge in [-0.2, -0.15) is 0 Å². The van der Waals surface area contributed by atoms with Gasteiger partial charge in [0.2, 0.25) is 0 Å². The van der Waals surface area contributed by atoms with Gasteiger partial charge in [0.05, 0.1) is 10.5 Å². The molecule has 1 amide bonds. The fraction of sp³-hybridized carbons (Fsp3) is 0.263. The van der Waals surface area contributed by atoms with Crippen molar-refractivity contribution < 1.29 is 19.2 Å². The lowest BCUT2D eigenvalue weighted by Crippen LogP contribution is -2.22. The average Bonchev–Trinajstić information content (AvgIpc) is 2.66. The highest BCUT2D eigenvalue weighted by Crippen LogP contribution is 2.25. The van der Waals surface area contributed by atoms with Crippen LogP contribution in [0.3, 0.4) is 0 Å². The Morgan fingerprint density at radius 1 is 1.15 bits per heavy atom. The lowest BCUT2D eigenvalue weighted by atomic mass is 10.0. The third-order valence-electron chi connectivity index (χ3n) is 3.98. The Hall–Kier alpha value is -2.93. The molecule has 0 saturated heterocycles. The highest BCUT2D eigenvalue weighted by Gasteiger charge is 2.18. The molecule has 0 radical (unpaired) electrons. The van der Waals surface area contributed by atoms with Crippen molar-refractivity contribution >= 4 is 34.9 Å². The van der Waals surface area contributed by atoms with Gasteiger partial charge in [-0.1, -0.05) is 43.6 Å². The van der Waals surface area contributed by atoms with Crippen LogP contribution in [0.15, 0.2) is 36.4 Å². The number of halogens is 1. The van der Waals surface area contributed by atoms with Gasteiger partial charge in [-0.3, -0.25) is 14.9 Å². The first-order valence-electron chi connectivity index (χ1n) is 8.39. The highest BCUT2D eigenvalue weighted by atomic mass is 35.5. The summed E-state index contributed by atoms with van der Waals surface area (Å²) in [5.41, 5.74) is 2.25. The zero-order chi connectivity index (χ0) is 20.0. The summed E-state index contributed by atoms with van der Waals surface area (Å²) in [6.07, 6.45) is 1.50. The predicted molar refractivity (Wildman–Crippen MR) is 102 cm³/mol. The molecule has 0 atom stereocenters. The molecule has 1 N–H and O–H groups in total. The van der Waals surface area contributed by atoms with Crippen LogP contribution in [0, 0.1) is 10.1 Å². The molecular formula is C19H19ClN2O5. The van der Waals surface area contributed by atoms with Crippen molar-refractivity contribution in [3.05, 3.63) is 68.2 Å². The van der Waals surface area contributed by atoms with Gasteiger partial charge in [0.25, 0.3) is 11.6 Å². The molecule has 142 valence electrons. The van der Waals surface area contributed by atoms with E-state index in [0.29, 0.717) is 0 Å². The maximum absolute atomic E-state index is 12.2. The van der Waals surface area contributed by atoms with Crippen molar-refractivity contribution in [1.29, 1.82) is 0 Å². The molecule has 2 aromatic rings. The van der Waals surface area contributed by atoms with Gasteiger partial charge in [-0.15, -0.1) is 0 Å². The van der Waals surface area contributed by atoms with Crippen LogP contribution in [0.1, 0.15) is 35.3 Å². The second kappa shape index (κ2) is 9.14. The SMILES string of the molecule is CCc1cccc(CC)c1NC(=O)COC(=O)c1ccc(Cl)c([N+](=O)[O-])c1. The fourth-order valence-corrected chi connectivity index (χ4v) is 2.76. The van der Waals surface area contributed by atoms with E-state index >= 15 is 0 Å². The minimum Gasteiger partial charge on any atom is -0.452 e. The van der Waals surface area contributed by atoms with Crippen molar-refractivity contribution in [2.75, 3.05) is 11.9 Å². The molecule has 0 heterocycles. The number of benzene rings is 2. The van der Waals surface area contributed by atoms with E-state index in [0.717, 1.165) is 35.7 Å². The number of nitro benzene ring substituents is 1. The molecule has 2 rings (SSSR count). The summed E-state index contributed by atoms with van der Waals surface area (Å²) in [7, 11) is 0. The molecule has 8 heteroatoms. The molecule has 0 aromatic heterocycles. The van der Waals surface area contributed by atoms with Crippen LogP contribution in [0.2, 0.25) is 5.02 Å². The van der Waals surface area contributed by atoms with E-state index in [1.807, 2.05) is 32.0 Å². The smallest absolute Gasteiger partial charge is 0.338 e. The molecule has 0 aliphatic heterocycles. The number of carbonyl (C=O) groups is 2. The molecule has 0 unspecified atom stereocenters. The Morgan fingerprint density at radius 3 is 2.33 bits per heavy atom. The van der Waals surface area contributed by atoms with Gasteiger partial charge >= 0.3 is 5.97 Å². The van der Waals surface area contributed by atoms with E-state index in [4.69, 9.17) is 16.3 Å². The van der Waals surface area contributed by atoms with Gasteiger partial charge in [0.1, 0.15) is 5.02 Å². The third kappa shape index (κ3) is 5.04. The molecule has 0 bridgehead atoms. The van der Waals surface area contributed by atoms with E-state index in [9.17, 15) is 19.7 Å². The number of hydrogen-bond donors (Lipinski definition) is 1. The number of nitrogens with zero attached hydrogens (tertiary/aromatic N) is 1. The minimum absolute atomic E-state index is 0.0536. The average molecular weight is 391 g/mol. The number of para-hydroxylation sites is 1. The molecule has 27 heavy (non-hydrogen) atoms. The van der Waals surface area contributed by atoms with E-state index in [1.165, 1.54) is 12.1 Å². The van der Waals surface area contributed by atoms with Crippen LogP contribution in [0.5, 0.6) is 0 Å². The quantitative estimate of drug-likeness (QED) is 0.434. The highest BCUT2D eigenvalue weighted by molar-refractivity contribution is 6.32. The summed E-state index contributed by atoms with van der Waals surface area (Å²) in [4.78, 5) is 34.5. The van der Waals surface area contributed by atoms with Crippen molar-refractivity contribution in [1.82, 2.24) is 0 Å². The van der Waals surface area contributed by atoms with E-state index in [1.54, 1.807) is 0 Å². The van der Waals surface area contributed by atoms with Gasteiger partial charge in [-0.25, -0.2) is 4.79 Å².